The monoisotopic (exact) mass is 140 g/mol. The van der Waals surface area contributed by atoms with Crippen LogP contribution in [0.5, 0.6) is 0 Å². The Bertz CT molecular complexity index is 132. The van der Waals surface area contributed by atoms with Crippen molar-refractivity contribution < 1.29 is 4.79 Å². The van der Waals surface area contributed by atoms with Gasteiger partial charge in [-0.05, 0) is 31.6 Å². The average molecular weight is 140 g/mol. The van der Waals surface area contributed by atoms with E-state index in [2.05, 4.69) is 13.8 Å². The molecule has 1 fully saturated rings. The Morgan fingerprint density at radius 3 is 2.20 bits per heavy atom. The summed E-state index contributed by atoms with van der Waals surface area (Å²) >= 11 is 0. The molecule has 0 unspecified atom stereocenters. The third kappa shape index (κ3) is 1.39. The fourth-order valence-electron chi connectivity index (χ4n) is 1.54. The second-order valence-corrected chi connectivity index (χ2v) is 3.78. The maximum atomic E-state index is 10.8. The molecule has 1 aliphatic rings. The highest BCUT2D eigenvalue weighted by Gasteiger charge is 2.33. The van der Waals surface area contributed by atoms with Crippen LogP contribution < -0.4 is 0 Å². The summed E-state index contributed by atoms with van der Waals surface area (Å²) in [4.78, 5) is 10.8. The Morgan fingerprint density at radius 2 is 1.90 bits per heavy atom. The van der Waals surface area contributed by atoms with E-state index in [0.717, 1.165) is 24.7 Å². The molecule has 10 heavy (non-hydrogen) atoms. The first-order valence-corrected chi connectivity index (χ1v) is 4.11. The van der Waals surface area contributed by atoms with Crippen LogP contribution in [-0.4, -0.2) is 5.78 Å². The number of rotatable bonds is 2. The van der Waals surface area contributed by atoms with Crippen molar-refractivity contribution in [3.8, 4) is 0 Å². The fourth-order valence-corrected chi connectivity index (χ4v) is 1.54. The third-order valence-corrected chi connectivity index (χ3v) is 2.69. The van der Waals surface area contributed by atoms with E-state index in [-0.39, 0.29) is 0 Å². The van der Waals surface area contributed by atoms with Crippen molar-refractivity contribution in [3.63, 3.8) is 0 Å². The minimum Gasteiger partial charge on any atom is -0.300 e. The molecule has 58 valence electrons. The van der Waals surface area contributed by atoms with Crippen LogP contribution in [0.25, 0.3) is 0 Å². The molecule has 0 bridgehead atoms. The smallest absolute Gasteiger partial charge is 0.132 e. The molecule has 0 spiro atoms. The molecule has 1 heteroatoms. The lowest BCUT2D eigenvalue weighted by Gasteiger charge is -2.36. The molecule has 0 N–H and O–H groups in total. The molecule has 0 heterocycles. The van der Waals surface area contributed by atoms with Gasteiger partial charge in [-0.1, -0.05) is 13.8 Å². The van der Waals surface area contributed by atoms with Gasteiger partial charge in [0.05, 0.1) is 0 Å². The second kappa shape index (κ2) is 2.73. The first kappa shape index (κ1) is 7.77. The van der Waals surface area contributed by atoms with Crippen LogP contribution in [0.3, 0.4) is 0 Å². The summed E-state index contributed by atoms with van der Waals surface area (Å²) < 4.78 is 0. The normalized spacial score (nSPS) is 32.0. The standard InChI is InChI=1S/C9H16O/c1-6(2)8-4-9(5-8)7(3)10/h6,8-9H,4-5H2,1-3H3/t8-,9-. The van der Waals surface area contributed by atoms with Gasteiger partial charge >= 0.3 is 0 Å². The van der Waals surface area contributed by atoms with Gasteiger partial charge in [-0.3, -0.25) is 4.79 Å². The lowest BCUT2D eigenvalue weighted by Crippen LogP contribution is -2.31. The minimum atomic E-state index is 0.386. The highest BCUT2D eigenvalue weighted by atomic mass is 16.1. The van der Waals surface area contributed by atoms with E-state index >= 15 is 0 Å². The number of hydrogen-bond donors (Lipinski definition) is 0. The van der Waals surface area contributed by atoms with Crippen LogP contribution in [0.15, 0.2) is 0 Å². The van der Waals surface area contributed by atoms with Crippen molar-refractivity contribution in [2.24, 2.45) is 17.8 Å². The van der Waals surface area contributed by atoms with Crippen LogP contribution in [0, 0.1) is 17.8 Å². The summed E-state index contributed by atoms with van der Waals surface area (Å²) in [6.07, 6.45) is 2.29. The van der Waals surface area contributed by atoms with Crippen LogP contribution in [0.4, 0.5) is 0 Å². The highest BCUT2D eigenvalue weighted by Crippen LogP contribution is 2.38. The summed E-state index contributed by atoms with van der Waals surface area (Å²) in [5, 5.41) is 0. The molecule has 0 aromatic heterocycles. The molecular weight excluding hydrogens is 124 g/mol. The third-order valence-electron chi connectivity index (χ3n) is 2.69. The maximum absolute atomic E-state index is 10.8. The SMILES string of the molecule is CC(=O)[C@H]1C[C@H](C(C)C)C1. The van der Waals surface area contributed by atoms with E-state index in [0.29, 0.717) is 11.7 Å². The van der Waals surface area contributed by atoms with Gasteiger partial charge in [-0.2, -0.15) is 0 Å². The van der Waals surface area contributed by atoms with Gasteiger partial charge in [0.15, 0.2) is 0 Å². The maximum Gasteiger partial charge on any atom is 0.132 e. The van der Waals surface area contributed by atoms with Crippen molar-refractivity contribution >= 4 is 5.78 Å². The molecule has 1 saturated carbocycles. The zero-order chi connectivity index (χ0) is 7.72. The van der Waals surface area contributed by atoms with Crippen LogP contribution in [0.2, 0.25) is 0 Å². The van der Waals surface area contributed by atoms with Gasteiger partial charge in [0, 0.05) is 5.92 Å². The number of ketones is 1. The van der Waals surface area contributed by atoms with Gasteiger partial charge in [0.2, 0.25) is 0 Å². The Hall–Kier alpha value is -0.330. The minimum absolute atomic E-state index is 0.386. The molecule has 0 amide bonds. The zero-order valence-corrected chi connectivity index (χ0v) is 7.05. The molecule has 0 atom stereocenters. The lowest BCUT2D eigenvalue weighted by atomic mass is 9.68. The Kier molecular flexibility index (Phi) is 2.12. The van der Waals surface area contributed by atoms with Crippen LogP contribution in [0.1, 0.15) is 33.6 Å². The van der Waals surface area contributed by atoms with Crippen molar-refractivity contribution in [2.45, 2.75) is 33.6 Å². The summed E-state index contributed by atoms with van der Waals surface area (Å²) in [6, 6.07) is 0. The van der Waals surface area contributed by atoms with Gasteiger partial charge < -0.3 is 0 Å². The van der Waals surface area contributed by atoms with Crippen molar-refractivity contribution in [3.05, 3.63) is 0 Å². The number of carbonyl (C=O) groups is 1. The number of hydrogen-bond acceptors (Lipinski definition) is 1. The van der Waals surface area contributed by atoms with Gasteiger partial charge in [-0.25, -0.2) is 0 Å². The highest BCUT2D eigenvalue weighted by molar-refractivity contribution is 5.79. The first-order valence-electron chi connectivity index (χ1n) is 4.11. The molecule has 1 aliphatic carbocycles. The van der Waals surface area contributed by atoms with Crippen LogP contribution in [-0.2, 0) is 4.79 Å². The van der Waals surface area contributed by atoms with Gasteiger partial charge in [-0.15, -0.1) is 0 Å². The van der Waals surface area contributed by atoms with Crippen molar-refractivity contribution in [2.75, 3.05) is 0 Å². The zero-order valence-electron chi connectivity index (χ0n) is 7.05. The topological polar surface area (TPSA) is 17.1 Å². The van der Waals surface area contributed by atoms with Gasteiger partial charge in [0.25, 0.3) is 0 Å². The molecular formula is C9H16O. The Morgan fingerprint density at radius 1 is 1.40 bits per heavy atom. The molecule has 0 saturated heterocycles. The second-order valence-electron chi connectivity index (χ2n) is 3.78. The lowest BCUT2D eigenvalue weighted by molar-refractivity contribution is -0.125. The number of carbonyl (C=O) groups excluding carboxylic acids is 1. The van der Waals surface area contributed by atoms with E-state index in [1.165, 1.54) is 0 Å². The summed E-state index contributed by atoms with van der Waals surface area (Å²) in [5.74, 6) is 2.40. The van der Waals surface area contributed by atoms with E-state index < -0.39 is 0 Å². The largest absolute Gasteiger partial charge is 0.300 e. The van der Waals surface area contributed by atoms with E-state index in [9.17, 15) is 4.79 Å². The van der Waals surface area contributed by atoms with E-state index in [1.54, 1.807) is 6.92 Å². The Labute approximate surface area is 62.8 Å². The predicted molar refractivity (Wildman–Crippen MR) is 41.7 cm³/mol. The quantitative estimate of drug-likeness (QED) is 0.575. The van der Waals surface area contributed by atoms with E-state index in [1.807, 2.05) is 0 Å². The molecule has 0 aromatic rings. The van der Waals surface area contributed by atoms with Gasteiger partial charge in [0.1, 0.15) is 5.78 Å². The molecule has 0 radical (unpaired) electrons. The predicted octanol–water partition coefficient (Wildman–Crippen LogP) is 2.26. The molecule has 1 nitrogen and oxygen atoms in total. The van der Waals surface area contributed by atoms with E-state index in [4.69, 9.17) is 0 Å². The summed E-state index contributed by atoms with van der Waals surface area (Å²) in [6.45, 7) is 6.18. The number of Topliss-reactive ketones (excluding diaryl/α,β-unsaturated/α-hetero) is 1. The molecule has 1 rings (SSSR count). The molecule has 0 aromatic carbocycles. The molecule has 0 aliphatic heterocycles. The van der Waals surface area contributed by atoms with Crippen molar-refractivity contribution in [1.29, 1.82) is 0 Å². The summed E-state index contributed by atoms with van der Waals surface area (Å²) in [5.41, 5.74) is 0. The Balaban J connectivity index is 2.24. The van der Waals surface area contributed by atoms with Crippen molar-refractivity contribution in [1.82, 2.24) is 0 Å². The first-order chi connectivity index (χ1) is 4.61. The summed E-state index contributed by atoms with van der Waals surface area (Å²) in [7, 11) is 0. The average Bonchev–Trinajstić information content (AvgIpc) is 1.56. The fraction of sp³-hybridized carbons (Fsp3) is 0.889. The van der Waals surface area contributed by atoms with Crippen LogP contribution >= 0.6 is 0 Å².